The highest BCUT2D eigenvalue weighted by Crippen LogP contribution is 2.16. The Morgan fingerprint density at radius 3 is 3.00 bits per heavy atom. The van der Waals surface area contributed by atoms with Gasteiger partial charge in [-0.05, 0) is 19.3 Å². The average molecular weight is 157 g/mol. The molecule has 66 valence electrons. The summed E-state index contributed by atoms with van der Waals surface area (Å²) in [5.41, 5.74) is 5.89. The van der Waals surface area contributed by atoms with Gasteiger partial charge < -0.3 is 10.5 Å². The molecule has 2 atom stereocenters. The fraction of sp³-hybridized carbons (Fsp3) is 1.00. The van der Waals surface area contributed by atoms with E-state index in [1.165, 1.54) is 12.8 Å². The number of hydrogen-bond acceptors (Lipinski definition) is 2. The van der Waals surface area contributed by atoms with Crippen molar-refractivity contribution < 1.29 is 4.74 Å². The predicted octanol–water partition coefficient (Wildman–Crippen LogP) is 1.68. The fourth-order valence-electron chi connectivity index (χ4n) is 1.57. The lowest BCUT2D eigenvalue weighted by atomic mass is 9.99. The van der Waals surface area contributed by atoms with Gasteiger partial charge in [-0.25, -0.2) is 0 Å². The second kappa shape index (κ2) is 4.73. The number of nitrogens with two attached hydrogens (primary N) is 1. The van der Waals surface area contributed by atoms with Crippen molar-refractivity contribution in [2.75, 3.05) is 6.61 Å². The Morgan fingerprint density at radius 2 is 2.36 bits per heavy atom. The molecule has 2 N–H and O–H groups in total. The summed E-state index contributed by atoms with van der Waals surface area (Å²) >= 11 is 0. The molecule has 0 amide bonds. The van der Waals surface area contributed by atoms with Gasteiger partial charge in [0.05, 0.1) is 6.10 Å². The van der Waals surface area contributed by atoms with Gasteiger partial charge in [0, 0.05) is 12.6 Å². The summed E-state index contributed by atoms with van der Waals surface area (Å²) in [5.74, 6) is 0. The van der Waals surface area contributed by atoms with Crippen molar-refractivity contribution in [2.45, 2.75) is 51.2 Å². The molecule has 1 saturated heterocycles. The average Bonchev–Trinajstić information content (AvgIpc) is 2.03. The molecular weight excluding hydrogens is 138 g/mol. The number of unbranched alkanes of at least 4 members (excludes halogenated alkanes) is 1. The minimum Gasteiger partial charge on any atom is -0.377 e. The smallest absolute Gasteiger partial charge is 0.0725 e. The van der Waals surface area contributed by atoms with Crippen LogP contribution in [-0.4, -0.2) is 18.8 Å². The zero-order valence-corrected chi connectivity index (χ0v) is 7.38. The minimum atomic E-state index is 0.301. The van der Waals surface area contributed by atoms with Gasteiger partial charge in [-0.3, -0.25) is 0 Å². The lowest BCUT2D eigenvalue weighted by Gasteiger charge is -2.28. The zero-order valence-electron chi connectivity index (χ0n) is 7.38. The van der Waals surface area contributed by atoms with Crippen molar-refractivity contribution in [1.82, 2.24) is 0 Å². The Labute approximate surface area is 69.1 Å². The molecule has 2 heteroatoms. The summed E-state index contributed by atoms with van der Waals surface area (Å²) in [6.45, 7) is 3.12. The molecule has 0 radical (unpaired) electrons. The van der Waals surface area contributed by atoms with Gasteiger partial charge in [0.1, 0.15) is 0 Å². The van der Waals surface area contributed by atoms with Crippen LogP contribution in [0, 0.1) is 0 Å². The van der Waals surface area contributed by atoms with E-state index in [2.05, 4.69) is 6.92 Å². The van der Waals surface area contributed by atoms with Crippen LogP contribution >= 0.6 is 0 Å². The standard InChI is InChI=1S/C9H19NO/c1-2-3-6-9-8(10)5-4-7-11-9/h8-9H,2-7,10H2,1H3. The quantitative estimate of drug-likeness (QED) is 0.676. The highest BCUT2D eigenvalue weighted by molar-refractivity contribution is 4.76. The van der Waals surface area contributed by atoms with Gasteiger partial charge in [-0.1, -0.05) is 19.8 Å². The van der Waals surface area contributed by atoms with Crippen molar-refractivity contribution >= 4 is 0 Å². The van der Waals surface area contributed by atoms with Gasteiger partial charge in [-0.2, -0.15) is 0 Å². The first kappa shape index (κ1) is 9.01. The van der Waals surface area contributed by atoms with Crippen LogP contribution in [0.4, 0.5) is 0 Å². The van der Waals surface area contributed by atoms with Crippen molar-refractivity contribution in [2.24, 2.45) is 5.73 Å². The third kappa shape index (κ3) is 2.80. The van der Waals surface area contributed by atoms with Gasteiger partial charge in [0.25, 0.3) is 0 Å². The first-order chi connectivity index (χ1) is 5.34. The van der Waals surface area contributed by atoms with Crippen LogP contribution in [0.1, 0.15) is 39.0 Å². The molecule has 0 saturated carbocycles. The van der Waals surface area contributed by atoms with Crippen molar-refractivity contribution in [3.63, 3.8) is 0 Å². The second-order valence-corrected chi connectivity index (χ2v) is 3.36. The van der Waals surface area contributed by atoms with Gasteiger partial charge in [0.2, 0.25) is 0 Å². The van der Waals surface area contributed by atoms with E-state index < -0.39 is 0 Å². The molecule has 0 aromatic carbocycles. The molecule has 11 heavy (non-hydrogen) atoms. The number of hydrogen-bond donors (Lipinski definition) is 1. The summed E-state index contributed by atoms with van der Waals surface area (Å²) in [7, 11) is 0. The van der Waals surface area contributed by atoms with Crippen LogP contribution < -0.4 is 5.73 Å². The molecule has 2 unspecified atom stereocenters. The fourth-order valence-corrected chi connectivity index (χ4v) is 1.57. The van der Waals surface area contributed by atoms with Gasteiger partial charge in [-0.15, -0.1) is 0 Å². The predicted molar refractivity (Wildman–Crippen MR) is 46.5 cm³/mol. The Balaban J connectivity index is 2.18. The lowest BCUT2D eigenvalue weighted by Crippen LogP contribution is -2.40. The maximum atomic E-state index is 5.89. The lowest BCUT2D eigenvalue weighted by molar-refractivity contribution is -0.00421. The Hall–Kier alpha value is -0.0800. The molecule has 0 aliphatic carbocycles. The molecule has 1 aliphatic heterocycles. The highest BCUT2D eigenvalue weighted by atomic mass is 16.5. The van der Waals surface area contributed by atoms with E-state index in [4.69, 9.17) is 10.5 Å². The molecule has 0 aromatic heterocycles. The molecular formula is C9H19NO. The number of ether oxygens (including phenoxy) is 1. The van der Waals surface area contributed by atoms with Crippen LogP contribution in [0.2, 0.25) is 0 Å². The normalized spacial score (nSPS) is 32.2. The second-order valence-electron chi connectivity index (χ2n) is 3.36. The summed E-state index contributed by atoms with van der Waals surface area (Å²) in [4.78, 5) is 0. The van der Waals surface area contributed by atoms with E-state index in [0.29, 0.717) is 12.1 Å². The summed E-state index contributed by atoms with van der Waals surface area (Å²) in [6, 6.07) is 0.301. The maximum absolute atomic E-state index is 5.89. The molecule has 0 bridgehead atoms. The van der Waals surface area contributed by atoms with Gasteiger partial charge >= 0.3 is 0 Å². The Kier molecular flexibility index (Phi) is 3.87. The molecule has 0 spiro atoms. The van der Waals surface area contributed by atoms with E-state index in [0.717, 1.165) is 25.9 Å². The van der Waals surface area contributed by atoms with Crippen molar-refractivity contribution in [1.29, 1.82) is 0 Å². The number of rotatable bonds is 3. The molecule has 1 fully saturated rings. The molecule has 1 rings (SSSR count). The third-order valence-corrected chi connectivity index (χ3v) is 2.33. The topological polar surface area (TPSA) is 35.2 Å². The molecule has 1 aliphatic rings. The van der Waals surface area contributed by atoms with Crippen LogP contribution in [0.15, 0.2) is 0 Å². The first-order valence-corrected chi connectivity index (χ1v) is 4.71. The summed E-state index contributed by atoms with van der Waals surface area (Å²) < 4.78 is 5.57. The van der Waals surface area contributed by atoms with Gasteiger partial charge in [0.15, 0.2) is 0 Å². The largest absolute Gasteiger partial charge is 0.377 e. The minimum absolute atomic E-state index is 0.301. The molecule has 1 heterocycles. The first-order valence-electron chi connectivity index (χ1n) is 4.71. The molecule has 2 nitrogen and oxygen atoms in total. The zero-order chi connectivity index (χ0) is 8.10. The Bertz CT molecular complexity index is 106. The monoisotopic (exact) mass is 157 g/mol. The van der Waals surface area contributed by atoms with E-state index in [1.54, 1.807) is 0 Å². The van der Waals surface area contributed by atoms with E-state index in [-0.39, 0.29) is 0 Å². The van der Waals surface area contributed by atoms with Crippen molar-refractivity contribution in [3.8, 4) is 0 Å². The van der Waals surface area contributed by atoms with E-state index >= 15 is 0 Å². The summed E-state index contributed by atoms with van der Waals surface area (Å²) in [5, 5.41) is 0. The van der Waals surface area contributed by atoms with E-state index in [9.17, 15) is 0 Å². The van der Waals surface area contributed by atoms with Crippen molar-refractivity contribution in [3.05, 3.63) is 0 Å². The van der Waals surface area contributed by atoms with Crippen LogP contribution in [-0.2, 0) is 4.74 Å². The maximum Gasteiger partial charge on any atom is 0.0725 e. The molecule has 0 aromatic rings. The van der Waals surface area contributed by atoms with Crippen LogP contribution in [0.3, 0.4) is 0 Å². The Morgan fingerprint density at radius 1 is 1.55 bits per heavy atom. The van der Waals surface area contributed by atoms with E-state index in [1.807, 2.05) is 0 Å². The summed E-state index contributed by atoms with van der Waals surface area (Å²) in [6.07, 6.45) is 6.28. The highest BCUT2D eigenvalue weighted by Gasteiger charge is 2.21. The van der Waals surface area contributed by atoms with Crippen LogP contribution in [0.25, 0.3) is 0 Å². The third-order valence-electron chi connectivity index (χ3n) is 2.33. The van der Waals surface area contributed by atoms with Crippen LogP contribution in [0.5, 0.6) is 0 Å². The SMILES string of the molecule is CCCCC1OCCCC1N.